The van der Waals surface area contributed by atoms with Gasteiger partial charge in [-0.15, -0.1) is 0 Å². The van der Waals surface area contributed by atoms with Crippen LogP contribution in [-0.4, -0.2) is 5.16 Å². The van der Waals surface area contributed by atoms with Crippen molar-refractivity contribution >= 4 is 17.4 Å². The smallest absolute Gasteiger partial charge is 0.177 e. The van der Waals surface area contributed by atoms with Crippen LogP contribution in [0.1, 0.15) is 11.1 Å². The zero-order valence-electron chi connectivity index (χ0n) is 11.9. The lowest BCUT2D eigenvalue weighted by atomic mass is 9.98. The maximum Gasteiger partial charge on any atom is 0.177 e. The van der Waals surface area contributed by atoms with Crippen LogP contribution in [0.4, 0.5) is 5.82 Å². The molecule has 106 valence electrons. The number of benzene rings is 2. The molecule has 0 saturated carbocycles. The molecule has 1 aromatic heterocycles. The number of nitrogens with zero attached hydrogens (tertiary/aromatic N) is 1. The minimum absolute atomic E-state index is 0.392. The van der Waals surface area contributed by atoms with Crippen LogP contribution in [0.25, 0.3) is 22.5 Å². The second-order valence-electron chi connectivity index (χ2n) is 5.10. The second-order valence-corrected chi connectivity index (χ2v) is 5.53. The largest absolute Gasteiger partial charge is 0.380 e. The van der Waals surface area contributed by atoms with Crippen molar-refractivity contribution in [3.8, 4) is 22.5 Å². The maximum atomic E-state index is 6.01. The van der Waals surface area contributed by atoms with Crippen molar-refractivity contribution in [3.05, 3.63) is 58.6 Å². The normalized spacial score (nSPS) is 10.8. The summed E-state index contributed by atoms with van der Waals surface area (Å²) in [5, 5.41) is 4.62. The van der Waals surface area contributed by atoms with Gasteiger partial charge in [0.05, 0.1) is 5.56 Å². The quantitative estimate of drug-likeness (QED) is 0.735. The topological polar surface area (TPSA) is 52.0 Å². The van der Waals surface area contributed by atoms with Crippen molar-refractivity contribution in [2.24, 2.45) is 0 Å². The highest BCUT2D eigenvalue weighted by Gasteiger charge is 2.19. The fourth-order valence-electron chi connectivity index (χ4n) is 2.37. The Bertz CT molecular complexity index is 791. The number of nitrogen functional groups attached to an aromatic ring is 1. The van der Waals surface area contributed by atoms with Gasteiger partial charge in [0, 0.05) is 10.6 Å². The summed E-state index contributed by atoms with van der Waals surface area (Å²) in [6, 6.07) is 13.8. The molecule has 2 N–H and O–H groups in total. The van der Waals surface area contributed by atoms with Crippen LogP contribution in [0.3, 0.4) is 0 Å². The van der Waals surface area contributed by atoms with E-state index in [1.54, 1.807) is 0 Å². The number of halogens is 1. The first kappa shape index (κ1) is 13.7. The van der Waals surface area contributed by atoms with E-state index in [0.29, 0.717) is 16.6 Å². The molecule has 3 rings (SSSR count). The van der Waals surface area contributed by atoms with Gasteiger partial charge in [-0.2, -0.15) is 0 Å². The second kappa shape index (κ2) is 5.26. The molecule has 2 aromatic carbocycles. The first-order chi connectivity index (χ1) is 10.1. The Morgan fingerprint density at radius 3 is 2.43 bits per heavy atom. The molecule has 0 unspecified atom stereocenters. The van der Waals surface area contributed by atoms with Crippen LogP contribution in [-0.2, 0) is 0 Å². The zero-order valence-corrected chi connectivity index (χ0v) is 12.6. The van der Waals surface area contributed by atoms with Gasteiger partial charge in [0.2, 0.25) is 0 Å². The highest BCUT2D eigenvalue weighted by atomic mass is 35.5. The molecule has 1 heterocycles. The van der Waals surface area contributed by atoms with E-state index >= 15 is 0 Å². The minimum Gasteiger partial charge on any atom is -0.380 e. The third-order valence-electron chi connectivity index (χ3n) is 3.49. The summed E-state index contributed by atoms with van der Waals surface area (Å²) in [6.45, 7) is 4.03. The highest BCUT2D eigenvalue weighted by molar-refractivity contribution is 6.30. The molecule has 0 bridgehead atoms. The molecule has 4 heteroatoms. The van der Waals surface area contributed by atoms with Gasteiger partial charge in [-0.3, -0.25) is 0 Å². The van der Waals surface area contributed by atoms with Gasteiger partial charge >= 0.3 is 0 Å². The summed E-state index contributed by atoms with van der Waals surface area (Å²) in [4.78, 5) is 0. The molecule has 0 spiro atoms. The van der Waals surface area contributed by atoms with Gasteiger partial charge in [0.15, 0.2) is 11.6 Å². The standard InChI is InChI=1S/C17H15ClN2O/c1-10-3-5-12(6-4-10)15-16(21-20-17(15)19)14-8-7-13(18)9-11(14)2/h3-9H,1-2H3,(H2,19,20). The molecule has 3 nitrogen and oxygen atoms in total. The molecule has 0 amide bonds. The summed E-state index contributed by atoms with van der Waals surface area (Å²) < 4.78 is 5.47. The maximum absolute atomic E-state index is 6.01. The fraction of sp³-hybridized carbons (Fsp3) is 0.118. The molecule has 3 aromatic rings. The summed E-state index contributed by atoms with van der Waals surface area (Å²) in [6.07, 6.45) is 0. The predicted octanol–water partition coefficient (Wildman–Crippen LogP) is 4.86. The molecule has 0 aliphatic heterocycles. The van der Waals surface area contributed by atoms with E-state index in [-0.39, 0.29) is 0 Å². The lowest BCUT2D eigenvalue weighted by molar-refractivity contribution is 0.436. The Hall–Kier alpha value is -2.26. The van der Waals surface area contributed by atoms with Gasteiger partial charge in [0.1, 0.15) is 0 Å². The molecular formula is C17H15ClN2O. The number of hydrogen-bond donors (Lipinski definition) is 1. The van der Waals surface area contributed by atoms with Gasteiger partial charge < -0.3 is 10.3 Å². The van der Waals surface area contributed by atoms with Crippen LogP contribution < -0.4 is 5.73 Å². The average Bonchev–Trinajstić information content (AvgIpc) is 2.82. The molecule has 0 fully saturated rings. The first-order valence-electron chi connectivity index (χ1n) is 6.65. The van der Waals surface area contributed by atoms with Gasteiger partial charge in [-0.1, -0.05) is 46.6 Å². The van der Waals surface area contributed by atoms with Crippen LogP contribution in [0.5, 0.6) is 0 Å². The summed E-state index contributed by atoms with van der Waals surface area (Å²) in [5.41, 5.74) is 11.0. The lowest BCUT2D eigenvalue weighted by Gasteiger charge is -2.06. The predicted molar refractivity (Wildman–Crippen MR) is 86.3 cm³/mol. The van der Waals surface area contributed by atoms with Crippen LogP contribution >= 0.6 is 11.6 Å². The Morgan fingerprint density at radius 2 is 1.76 bits per heavy atom. The van der Waals surface area contributed by atoms with Crippen molar-refractivity contribution in [2.45, 2.75) is 13.8 Å². The highest BCUT2D eigenvalue weighted by Crippen LogP contribution is 2.38. The number of aryl methyl sites for hydroxylation is 2. The third-order valence-corrected chi connectivity index (χ3v) is 3.73. The SMILES string of the molecule is Cc1ccc(-c2c(N)noc2-c2ccc(Cl)cc2C)cc1. The molecule has 0 aliphatic rings. The van der Waals surface area contributed by atoms with E-state index < -0.39 is 0 Å². The van der Waals surface area contributed by atoms with Crippen molar-refractivity contribution in [1.29, 1.82) is 0 Å². The Morgan fingerprint density at radius 1 is 1.05 bits per heavy atom. The molecule has 0 atom stereocenters. The zero-order chi connectivity index (χ0) is 15.0. The molecule has 0 saturated heterocycles. The van der Waals surface area contributed by atoms with Crippen molar-refractivity contribution in [3.63, 3.8) is 0 Å². The van der Waals surface area contributed by atoms with Gasteiger partial charge in [0.25, 0.3) is 0 Å². The lowest BCUT2D eigenvalue weighted by Crippen LogP contribution is -1.90. The summed E-state index contributed by atoms with van der Waals surface area (Å²) >= 11 is 6.01. The first-order valence-corrected chi connectivity index (χ1v) is 7.03. The van der Waals surface area contributed by atoms with E-state index in [2.05, 4.69) is 5.16 Å². The van der Waals surface area contributed by atoms with Crippen LogP contribution in [0, 0.1) is 13.8 Å². The molecule has 21 heavy (non-hydrogen) atoms. The molecule has 0 radical (unpaired) electrons. The van der Waals surface area contributed by atoms with Gasteiger partial charge in [-0.05, 0) is 43.2 Å². The third kappa shape index (κ3) is 2.52. The monoisotopic (exact) mass is 298 g/mol. The number of nitrogens with two attached hydrogens (primary N) is 1. The fourth-order valence-corrected chi connectivity index (χ4v) is 2.59. The minimum atomic E-state index is 0.392. The average molecular weight is 299 g/mol. The van der Waals surface area contributed by atoms with Crippen LogP contribution in [0.15, 0.2) is 47.0 Å². The van der Waals surface area contributed by atoms with Crippen molar-refractivity contribution in [1.82, 2.24) is 5.16 Å². The van der Waals surface area contributed by atoms with E-state index in [1.165, 1.54) is 5.56 Å². The van der Waals surface area contributed by atoms with Crippen molar-refractivity contribution < 1.29 is 4.52 Å². The number of hydrogen-bond acceptors (Lipinski definition) is 3. The molecule has 0 aliphatic carbocycles. The van der Waals surface area contributed by atoms with Crippen LogP contribution in [0.2, 0.25) is 5.02 Å². The van der Waals surface area contributed by atoms with E-state index in [4.69, 9.17) is 21.9 Å². The van der Waals surface area contributed by atoms with E-state index in [1.807, 2.05) is 56.3 Å². The number of aromatic nitrogens is 1. The Labute approximate surface area is 128 Å². The molecular weight excluding hydrogens is 284 g/mol. The Balaban J connectivity index is 2.19. The summed E-state index contributed by atoms with van der Waals surface area (Å²) in [7, 11) is 0. The van der Waals surface area contributed by atoms with Gasteiger partial charge in [-0.25, -0.2) is 0 Å². The number of anilines is 1. The van der Waals surface area contributed by atoms with E-state index in [0.717, 1.165) is 22.3 Å². The van der Waals surface area contributed by atoms with E-state index in [9.17, 15) is 0 Å². The van der Waals surface area contributed by atoms with Crippen molar-refractivity contribution in [2.75, 3.05) is 5.73 Å². The number of rotatable bonds is 2. The Kier molecular flexibility index (Phi) is 3.43. The summed E-state index contributed by atoms with van der Waals surface area (Å²) in [5.74, 6) is 1.06.